The van der Waals surface area contributed by atoms with Gasteiger partial charge in [-0.25, -0.2) is 0 Å². The molecule has 1 fully saturated rings. The van der Waals surface area contributed by atoms with Crippen LogP contribution in [0.2, 0.25) is 0 Å². The van der Waals surface area contributed by atoms with Crippen molar-refractivity contribution in [1.82, 2.24) is 4.90 Å². The number of β-amino-alcohol motifs (C(OH)–C–C–N with tert-alkyl or cyclic N) is 1. The van der Waals surface area contributed by atoms with Gasteiger partial charge in [-0.2, -0.15) is 0 Å². The van der Waals surface area contributed by atoms with E-state index in [1.807, 2.05) is 30.3 Å². The van der Waals surface area contributed by atoms with E-state index in [0.29, 0.717) is 18.6 Å². The Morgan fingerprint density at radius 2 is 1.90 bits per heavy atom. The first-order valence-electron chi connectivity index (χ1n) is 8.13. The molecule has 1 N–H and O–H groups in total. The summed E-state index contributed by atoms with van der Waals surface area (Å²) in [5.74, 6) is 0. The average Bonchev–Trinajstić information content (AvgIpc) is 2.51. The van der Waals surface area contributed by atoms with Gasteiger partial charge in [0.1, 0.15) is 0 Å². The summed E-state index contributed by atoms with van der Waals surface area (Å²) in [6.45, 7) is 8.57. The molecule has 3 heteroatoms. The number of rotatable bonds is 7. The van der Waals surface area contributed by atoms with Crippen molar-refractivity contribution in [3.8, 4) is 0 Å². The highest BCUT2D eigenvalue weighted by Crippen LogP contribution is 2.33. The summed E-state index contributed by atoms with van der Waals surface area (Å²) in [5, 5.41) is 10.1. The lowest BCUT2D eigenvalue weighted by atomic mass is 9.78. The first-order chi connectivity index (χ1) is 10.1. The fourth-order valence-corrected chi connectivity index (χ4v) is 2.87. The number of nitrogens with zero attached hydrogens (tertiary/aromatic N) is 1. The van der Waals surface area contributed by atoms with Crippen LogP contribution in [0.4, 0.5) is 0 Å². The number of likely N-dealkylation sites (tertiary alicyclic amines) is 1. The molecule has 2 rings (SSSR count). The third-order valence-electron chi connectivity index (χ3n) is 4.81. The molecule has 1 saturated heterocycles. The molecule has 118 valence electrons. The third kappa shape index (κ3) is 5.42. The van der Waals surface area contributed by atoms with Gasteiger partial charge in [-0.1, -0.05) is 50.6 Å². The van der Waals surface area contributed by atoms with E-state index in [1.54, 1.807) is 0 Å². The van der Waals surface area contributed by atoms with Crippen LogP contribution in [0.3, 0.4) is 0 Å². The molecule has 1 unspecified atom stereocenters. The molecule has 0 radical (unpaired) electrons. The SMILES string of the molecule is CCC1(C)CCN(CC(O)COCc2ccccc2)CC1. The molecule has 1 aliphatic heterocycles. The zero-order chi connectivity index (χ0) is 15.1. The molecule has 0 saturated carbocycles. The lowest BCUT2D eigenvalue weighted by Gasteiger charge is -2.39. The average molecular weight is 291 g/mol. The van der Waals surface area contributed by atoms with Crippen LogP contribution in [0.25, 0.3) is 0 Å². The number of benzene rings is 1. The standard InChI is InChI=1S/C18H29NO2/c1-3-18(2)9-11-19(12-10-18)13-17(20)15-21-14-16-7-5-4-6-8-16/h4-8,17,20H,3,9-15H2,1-2H3. The normalized spacial score (nSPS) is 20.3. The number of aliphatic hydroxyl groups excluding tert-OH is 1. The molecule has 0 aliphatic carbocycles. The highest BCUT2D eigenvalue weighted by molar-refractivity contribution is 5.13. The summed E-state index contributed by atoms with van der Waals surface area (Å²) in [4.78, 5) is 2.37. The molecule has 3 nitrogen and oxygen atoms in total. The van der Waals surface area contributed by atoms with Crippen LogP contribution in [-0.4, -0.2) is 42.4 Å². The Morgan fingerprint density at radius 1 is 1.24 bits per heavy atom. The smallest absolute Gasteiger partial charge is 0.0900 e. The maximum absolute atomic E-state index is 10.1. The molecule has 1 atom stereocenters. The predicted molar refractivity (Wildman–Crippen MR) is 86.2 cm³/mol. The summed E-state index contributed by atoms with van der Waals surface area (Å²) in [5.41, 5.74) is 1.66. The van der Waals surface area contributed by atoms with Gasteiger partial charge in [-0.05, 0) is 36.9 Å². The van der Waals surface area contributed by atoms with Crippen molar-refractivity contribution in [2.24, 2.45) is 5.41 Å². The van der Waals surface area contributed by atoms with E-state index in [4.69, 9.17) is 4.74 Å². The molecule has 1 heterocycles. The Balaban J connectivity index is 1.63. The number of hydrogen-bond donors (Lipinski definition) is 1. The number of piperidine rings is 1. The third-order valence-corrected chi connectivity index (χ3v) is 4.81. The van der Waals surface area contributed by atoms with Gasteiger partial charge in [0, 0.05) is 6.54 Å². The lowest BCUT2D eigenvalue weighted by molar-refractivity contribution is -0.00136. The molecule has 0 amide bonds. The Kier molecular flexibility index (Phi) is 6.22. The number of hydrogen-bond acceptors (Lipinski definition) is 3. The van der Waals surface area contributed by atoms with Crippen LogP contribution in [-0.2, 0) is 11.3 Å². The minimum atomic E-state index is -0.389. The van der Waals surface area contributed by atoms with Crippen molar-refractivity contribution >= 4 is 0 Å². The van der Waals surface area contributed by atoms with Crippen molar-refractivity contribution in [3.05, 3.63) is 35.9 Å². The van der Waals surface area contributed by atoms with E-state index < -0.39 is 0 Å². The fraction of sp³-hybridized carbons (Fsp3) is 0.667. The molecule has 21 heavy (non-hydrogen) atoms. The zero-order valence-electron chi connectivity index (χ0n) is 13.4. The van der Waals surface area contributed by atoms with Crippen molar-refractivity contribution in [2.75, 3.05) is 26.2 Å². The molecule has 1 aromatic carbocycles. The van der Waals surface area contributed by atoms with Crippen molar-refractivity contribution < 1.29 is 9.84 Å². The highest BCUT2D eigenvalue weighted by atomic mass is 16.5. The highest BCUT2D eigenvalue weighted by Gasteiger charge is 2.28. The minimum absolute atomic E-state index is 0.389. The van der Waals surface area contributed by atoms with Crippen LogP contribution in [0, 0.1) is 5.41 Å². The van der Waals surface area contributed by atoms with E-state index in [-0.39, 0.29) is 6.10 Å². The first-order valence-corrected chi connectivity index (χ1v) is 8.13. The van der Waals surface area contributed by atoms with Gasteiger partial charge in [-0.15, -0.1) is 0 Å². The molecule has 0 aromatic heterocycles. The van der Waals surface area contributed by atoms with Gasteiger partial charge in [0.05, 0.1) is 19.3 Å². The Hall–Kier alpha value is -0.900. The maximum atomic E-state index is 10.1. The van der Waals surface area contributed by atoms with E-state index in [2.05, 4.69) is 18.7 Å². The van der Waals surface area contributed by atoms with E-state index in [0.717, 1.165) is 25.2 Å². The van der Waals surface area contributed by atoms with Crippen LogP contribution in [0.15, 0.2) is 30.3 Å². The van der Waals surface area contributed by atoms with Gasteiger partial charge in [0.2, 0.25) is 0 Å². The fourth-order valence-electron chi connectivity index (χ4n) is 2.87. The Morgan fingerprint density at radius 3 is 2.52 bits per heavy atom. The number of ether oxygens (including phenoxy) is 1. The van der Waals surface area contributed by atoms with Gasteiger partial charge >= 0.3 is 0 Å². The minimum Gasteiger partial charge on any atom is -0.389 e. The first kappa shape index (κ1) is 16.5. The summed E-state index contributed by atoms with van der Waals surface area (Å²) in [7, 11) is 0. The van der Waals surface area contributed by atoms with Crippen molar-refractivity contribution in [1.29, 1.82) is 0 Å². The van der Waals surface area contributed by atoms with E-state index in [9.17, 15) is 5.11 Å². The molecule has 1 aromatic rings. The van der Waals surface area contributed by atoms with Gasteiger partial charge in [0.25, 0.3) is 0 Å². The van der Waals surface area contributed by atoms with Gasteiger partial charge in [0.15, 0.2) is 0 Å². The summed E-state index contributed by atoms with van der Waals surface area (Å²) in [6.07, 6.45) is 3.34. The quantitative estimate of drug-likeness (QED) is 0.838. The second-order valence-electron chi connectivity index (χ2n) is 6.62. The predicted octanol–water partition coefficient (Wildman–Crippen LogP) is 3.08. The monoisotopic (exact) mass is 291 g/mol. The van der Waals surface area contributed by atoms with Crippen molar-refractivity contribution in [2.45, 2.75) is 45.8 Å². The largest absolute Gasteiger partial charge is 0.389 e. The second kappa shape index (κ2) is 7.92. The molecular weight excluding hydrogens is 262 g/mol. The van der Waals surface area contributed by atoms with Gasteiger partial charge in [-0.3, -0.25) is 0 Å². The van der Waals surface area contributed by atoms with Gasteiger partial charge < -0.3 is 14.7 Å². The van der Waals surface area contributed by atoms with Crippen LogP contribution >= 0.6 is 0 Å². The second-order valence-corrected chi connectivity index (χ2v) is 6.62. The number of aliphatic hydroxyl groups is 1. The molecule has 0 bridgehead atoms. The van der Waals surface area contributed by atoms with E-state index in [1.165, 1.54) is 19.3 Å². The molecule has 1 aliphatic rings. The topological polar surface area (TPSA) is 32.7 Å². The summed E-state index contributed by atoms with van der Waals surface area (Å²) < 4.78 is 5.61. The zero-order valence-corrected chi connectivity index (χ0v) is 13.4. The maximum Gasteiger partial charge on any atom is 0.0900 e. The molecule has 0 spiro atoms. The van der Waals surface area contributed by atoms with Crippen LogP contribution < -0.4 is 0 Å². The lowest BCUT2D eigenvalue weighted by Crippen LogP contribution is -2.43. The summed E-state index contributed by atoms with van der Waals surface area (Å²) in [6, 6.07) is 10.1. The molecular formula is C18H29NO2. The van der Waals surface area contributed by atoms with Crippen molar-refractivity contribution in [3.63, 3.8) is 0 Å². The Labute approximate surface area is 128 Å². The van der Waals surface area contributed by atoms with Crippen LogP contribution in [0.5, 0.6) is 0 Å². The Bertz CT molecular complexity index is 399. The summed E-state index contributed by atoms with van der Waals surface area (Å²) >= 11 is 0. The van der Waals surface area contributed by atoms with E-state index >= 15 is 0 Å². The van der Waals surface area contributed by atoms with Crippen LogP contribution in [0.1, 0.15) is 38.7 Å².